The number of hydrogen-bond acceptors (Lipinski definition) is 4. The van der Waals surface area contributed by atoms with E-state index in [0.717, 1.165) is 35.2 Å². The Bertz CT molecular complexity index is 372. The number of rotatable bonds is 5. The second-order valence-corrected chi connectivity index (χ2v) is 6.38. The van der Waals surface area contributed by atoms with Gasteiger partial charge in [-0.25, -0.2) is 0 Å². The molecule has 0 saturated carbocycles. The lowest BCUT2D eigenvalue weighted by atomic mass is 10.1. The first-order valence-corrected chi connectivity index (χ1v) is 7.41. The molecule has 17 heavy (non-hydrogen) atoms. The van der Waals surface area contributed by atoms with Gasteiger partial charge < -0.3 is 9.47 Å². The van der Waals surface area contributed by atoms with Gasteiger partial charge in [0.05, 0.1) is 9.89 Å². The van der Waals surface area contributed by atoms with Crippen molar-refractivity contribution in [3.8, 4) is 0 Å². The van der Waals surface area contributed by atoms with Crippen molar-refractivity contribution in [3.63, 3.8) is 0 Å². The molecule has 1 aliphatic rings. The summed E-state index contributed by atoms with van der Waals surface area (Å²) in [6.07, 6.45) is 3.69. The van der Waals surface area contributed by atoms with Crippen LogP contribution in [0.4, 0.5) is 0 Å². The molecule has 2 heterocycles. The molecule has 1 aliphatic heterocycles. The van der Waals surface area contributed by atoms with Gasteiger partial charge in [-0.05, 0) is 46.6 Å². The highest BCUT2D eigenvalue weighted by Crippen LogP contribution is 2.21. The zero-order valence-electron chi connectivity index (χ0n) is 9.49. The number of ether oxygens (including phenoxy) is 2. The first-order chi connectivity index (χ1) is 8.24. The summed E-state index contributed by atoms with van der Waals surface area (Å²) < 4.78 is 11.7. The first-order valence-electron chi connectivity index (χ1n) is 5.74. The van der Waals surface area contributed by atoms with E-state index in [9.17, 15) is 4.79 Å². The minimum Gasteiger partial charge on any atom is -0.461 e. The number of hydrogen-bond donors (Lipinski definition) is 0. The molecular formula is C12H15BrO3S. The Morgan fingerprint density at radius 1 is 1.65 bits per heavy atom. The fourth-order valence-corrected chi connectivity index (χ4v) is 3.00. The van der Waals surface area contributed by atoms with Gasteiger partial charge in [-0.3, -0.25) is 4.79 Å². The van der Waals surface area contributed by atoms with Crippen LogP contribution in [0.25, 0.3) is 0 Å². The highest BCUT2D eigenvalue weighted by atomic mass is 79.9. The van der Waals surface area contributed by atoms with E-state index in [1.165, 1.54) is 0 Å². The van der Waals surface area contributed by atoms with E-state index in [-0.39, 0.29) is 12.1 Å². The average molecular weight is 319 g/mol. The molecule has 3 nitrogen and oxygen atoms in total. The summed E-state index contributed by atoms with van der Waals surface area (Å²) in [6, 6.07) is 1.97. The molecule has 2 rings (SSSR count). The third-order valence-electron chi connectivity index (χ3n) is 2.72. The standard InChI is InChI=1S/C12H15BrO3S/c13-11-6-9(8-17-11)7-16-12(14)4-3-10-2-1-5-15-10/h6,8,10H,1-5,7H2. The van der Waals surface area contributed by atoms with Crippen LogP contribution >= 0.6 is 27.3 Å². The highest BCUT2D eigenvalue weighted by molar-refractivity contribution is 9.11. The van der Waals surface area contributed by atoms with Gasteiger partial charge in [-0.15, -0.1) is 11.3 Å². The van der Waals surface area contributed by atoms with Gasteiger partial charge in [0.2, 0.25) is 0 Å². The number of carbonyl (C=O) groups is 1. The largest absolute Gasteiger partial charge is 0.461 e. The Kier molecular flexibility index (Phi) is 5.00. The smallest absolute Gasteiger partial charge is 0.306 e. The number of carbonyl (C=O) groups excluding carboxylic acids is 1. The maximum Gasteiger partial charge on any atom is 0.306 e. The molecule has 1 unspecified atom stereocenters. The SMILES string of the molecule is O=C(CCC1CCCO1)OCc1csc(Br)c1. The zero-order chi connectivity index (χ0) is 12.1. The van der Waals surface area contributed by atoms with Crippen LogP contribution in [0, 0.1) is 0 Å². The van der Waals surface area contributed by atoms with Crippen molar-refractivity contribution >= 4 is 33.2 Å². The van der Waals surface area contributed by atoms with Crippen molar-refractivity contribution < 1.29 is 14.3 Å². The molecule has 0 radical (unpaired) electrons. The molecule has 0 amide bonds. The molecule has 1 saturated heterocycles. The summed E-state index contributed by atoms with van der Waals surface area (Å²) in [4.78, 5) is 11.5. The van der Waals surface area contributed by atoms with Crippen LogP contribution in [0.15, 0.2) is 15.2 Å². The van der Waals surface area contributed by atoms with Crippen LogP contribution < -0.4 is 0 Å². The molecule has 1 fully saturated rings. The predicted molar refractivity (Wildman–Crippen MR) is 70.0 cm³/mol. The van der Waals surface area contributed by atoms with Gasteiger partial charge >= 0.3 is 5.97 Å². The van der Waals surface area contributed by atoms with Crippen molar-refractivity contribution in [3.05, 3.63) is 20.8 Å². The summed E-state index contributed by atoms with van der Waals surface area (Å²) >= 11 is 4.97. The topological polar surface area (TPSA) is 35.5 Å². The van der Waals surface area contributed by atoms with E-state index in [1.807, 2.05) is 11.4 Å². The Labute approximate surface area is 113 Å². The molecule has 0 bridgehead atoms. The van der Waals surface area contributed by atoms with Crippen molar-refractivity contribution in [2.24, 2.45) is 0 Å². The highest BCUT2D eigenvalue weighted by Gasteiger charge is 2.17. The van der Waals surface area contributed by atoms with E-state index < -0.39 is 0 Å². The number of halogens is 1. The van der Waals surface area contributed by atoms with Gasteiger partial charge in [0.15, 0.2) is 0 Å². The van der Waals surface area contributed by atoms with Gasteiger partial charge in [-0.2, -0.15) is 0 Å². The fraction of sp³-hybridized carbons (Fsp3) is 0.583. The normalized spacial score (nSPS) is 19.5. The lowest BCUT2D eigenvalue weighted by Gasteiger charge is -2.08. The predicted octanol–water partition coefficient (Wildman–Crippen LogP) is 3.51. The summed E-state index contributed by atoms with van der Waals surface area (Å²) in [5.74, 6) is -0.136. The van der Waals surface area contributed by atoms with Crippen LogP contribution in [0.3, 0.4) is 0 Å². The van der Waals surface area contributed by atoms with Crippen LogP contribution in [0.1, 0.15) is 31.2 Å². The maximum absolute atomic E-state index is 11.5. The van der Waals surface area contributed by atoms with Gasteiger partial charge in [0, 0.05) is 18.6 Å². The van der Waals surface area contributed by atoms with Crippen LogP contribution in [0.5, 0.6) is 0 Å². The molecule has 0 N–H and O–H groups in total. The quantitative estimate of drug-likeness (QED) is 0.779. The second-order valence-electron chi connectivity index (χ2n) is 4.09. The number of esters is 1. The second kappa shape index (κ2) is 6.52. The number of thiophene rings is 1. The van der Waals surface area contributed by atoms with E-state index >= 15 is 0 Å². The molecule has 0 aliphatic carbocycles. The molecule has 1 aromatic rings. The average Bonchev–Trinajstić information content (AvgIpc) is 2.95. The minimum atomic E-state index is -0.136. The molecule has 1 atom stereocenters. The molecule has 94 valence electrons. The fourth-order valence-electron chi connectivity index (χ4n) is 1.81. The molecular weight excluding hydrogens is 304 g/mol. The summed E-state index contributed by atoms with van der Waals surface area (Å²) in [5.41, 5.74) is 1.03. The Balaban J connectivity index is 1.63. The third kappa shape index (κ3) is 4.41. The van der Waals surface area contributed by atoms with Crippen molar-refractivity contribution in [1.82, 2.24) is 0 Å². The zero-order valence-corrected chi connectivity index (χ0v) is 11.9. The summed E-state index contributed by atoms with van der Waals surface area (Å²) in [5, 5.41) is 1.98. The van der Waals surface area contributed by atoms with Gasteiger partial charge in [0.1, 0.15) is 6.61 Å². The van der Waals surface area contributed by atoms with E-state index in [1.54, 1.807) is 11.3 Å². The van der Waals surface area contributed by atoms with E-state index in [2.05, 4.69) is 15.9 Å². The summed E-state index contributed by atoms with van der Waals surface area (Å²) in [6.45, 7) is 1.20. The first kappa shape index (κ1) is 13.1. The lowest BCUT2D eigenvalue weighted by Crippen LogP contribution is -2.10. The Morgan fingerprint density at radius 3 is 3.18 bits per heavy atom. The molecule has 5 heteroatoms. The monoisotopic (exact) mass is 318 g/mol. The van der Waals surface area contributed by atoms with Crippen molar-refractivity contribution in [2.45, 2.75) is 38.4 Å². The van der Waals surface area contributed by atoms with Crippen LogP contribution in [-0.2, 0) is 20.9 Å². The van der Waals surface area contributed by atoms with E-state index in [4.69, 9.17) is 9.47 Å². The maximum atomic E-state index is 11.5. The van der Waals surface area contributed by atoms with Crippen molar-refractivity contribution in [2.75, 3.05) is 6.61 Å². The lowest BCUT2D eigenvalue weighted by molar-refractivity contribution is -0.145. The minimum absolute atomic E-state index is 0.136. The van der Waals surface area contributed by atoms with Gasteiger partial charge in [-0.1, -0.05) is 0 Å². The van der Waals surface area contributed by atoms with Crippen LogP contribution in [-0.4, -0.2) is 18.7 Å². The molecule has 0 aromatic carbocycles. The molecule has 1 aromatic heterocycles. The summed E-state index contributed by atoms with van der Waals surface area (Å²) in [7, 11) is 0. The van der Waals surface area contributed by atoms with E-state index in [0.29, 0.717) is 13.0 Å². The Hall–Kier alpha value is -0.390. The van der Waals surface area contributed by atoms with Crippen LogP contribution in [0.2, 0.25) is 0 Å². The Morgan fingerprint density at radius 2 is 2.53 bits per heavy atom. The third-order valence-corrected chi connectivity index (χ3v) is 4.27. The van der Waals surface area contributed by atoms with Gasteiger partial charge in [0.25, 0.3) is 0 Å². The molecule has 0 spiro atoms. The van der Waals surface area contributed by atoms with Crippen molar-refractivity contribution in [1.29, 1.82) is 0 Å².